The normalized spacial score (nSPS) is 20.5. The molecule has 1 saturated heterocycles. The van der Waals surface area contributed by atoms with Crippen molar-refractivity contribution < 1.29 is 9.59 Å². The first kappa shape index (κ1) is 8.94. The molecule has 1 aliphatic heterocycles. The fourth-order valence-corrected chi connectivity index (χ4v) is 1.75. The first-order chi connectivity index (χ1) is 6.70. The van der Waals surface area contributed by atoms with Gasteiger partial charge in [-0.1, -0.05) is 30.3 Å². The standard InChI is InChI=1S/C11H11NO2/c1-8(13)12-10(7-11(12)14)9-5-3-2-4-6-9/h2-6,10H,7H2,1H3. The predicted octanol–water partition coefficient (Wildman–Crippen LogP) is 1.51. The summed E-state index contributed by atoms with van der Waals surface area (Å²) in [6.07, 6.45) is 0.448. The molecule has 0 bridgehead atoms. The highest BCUT2D eigenvalue weighted by Gasteiger charge is 2.39. The number of benzene rings is 1. The molecule has 1 fully saturated rings. The van der Waals surface area contributed by atoms with Crippen LogP contribution < -0.4 is 0 Å². The SMILES string of the molecule is CC(=O)N1C(=O)CC1c1ccccc1. The molecule has 3 heteroatoms. The average molecular weight is 189 g/mol. The maximum absolute atomic E-state index is 11.2. The van der Waals surface area contributed by atoms with Crippen molar-refractivity contribution in [2.75, 3.05) is 0 Å². The van der Waals surface area contributed by atoms with Gasteiger partial charge < -0.3 is 0 Å². The molecule has 0 aromatic heterocycles. The smallest absolute Gasteiger partial charge is 0.232 e. The Morgan fingerprint density at radius 1 is 1.36 bits per heavy atom. The molecule has 0 N–H and O–H groups in total. The van der Waals surface area contributed by atoms with E-state index < -0.39 is 0 Å². The number of imide groups is 1. The summed E-state index contributed by atoms with van der Waals surface area (Å²) in [6.45, 7) is 1.42. The minimum Gasteiger partial charge on any atom is -0.275 e. The molecule has 3 nitrogen and oxygen atoms in total. The van der Waals surface area contributed by atoms with Crippen LogP contribution in [-0.4, -0.2) is 16.7 Å². The summed E-state index contributed by atoms with van der Waals surface area (Å²) < 4.78 is 0. The maximum Gasteiger partial charge on any atom is 0.232 e. The molecular formula is C11H11NO2. The largest absolute Gasteiger partial charge is 0.275 e. The number of hydrogen-bond acceptors (Lipinski definition) is 2. The van der Waals surface area contributed by atoms with Gasteiger partial charge in [-0.25, -0.2) is 0 Å². The molecule has 14 heavy (non-hydrogen) atoms. The van der Waals surface area contributed by atoms with Gasteiger partial charge in [0.1, 0.15) is 0 Å². The van der Waals surface area contributed by atoms with Crippen LogP contribution in [0.5, 0.6) is 0 Å². The third-order valence-electron chi connectivity index (χ3n) is 2.47. The van der Waals surface area contributed by atoms with Gasteiger partial charge >= 0.3 is 0 Å². The Morgan fingerprint density at radius 3 is 2.50 bits per heavy atom. The van der Waals surface area contributed by atoms with Crippen LogP contribution in [0, 0.1) is 0 Å². The molecule has 2 rings (SSSR count). The fraction of sp³-hybridized carbons (Fsp3) is 0.273. The molecule has 0 spiro atoms. The summed E-state index contributed by atoms with van der Waals surface area (Å²) in [5, 5.41) is 0. The van der Waals surface area contributed by atoms with Crippen molar-refractivity contribution in [3.05, 3.63) is 35.9 Å². The van der Waals surface area contributed by atoms with Crippen molar-refractivity contribution in [1.29, 1.82) is 0 Å². The number of β-lactam (4-membered cyclic amide) rings is 1. The number of likely N-dealkylation sites (tertiary alicyclic amines) is 1. The van der Waals surface area contributed by atoms with Crippen molar-refractivity contribution in [2.24, 2.45) is 0 Å². The summed E-state index contributed by atoms with van der Waals surface area (Å²) in [6, 6.07) is 9.58. The monoisotopic (exact) mass is 189 g/mol. The average Bonchev–Trinajstić information content (AvgIpc) is 2.14. The van der Waals surface area contributed by atoms with Gasteiger partial charge in [-0.05, 0) is 5.56 Å². The van der Waals surface area contributed by atoms with E-state index in [1.807, 2.05) is 30.3 Å². The second-order valence-corrected chi connectivity index (χ2v) is 3.41. The minimum atomic E-state index is -0.171. The van der Waals surface area contributed by atoms with E-state index in [-0.39, 0.29) is 17.9 Å². The highest BCUT2D eigenvalue weighted by Crippen LogP contribution is 2.33. The highest BCUT2D eigenvalue weighted by molar-refractivity contribution is 5.99. The second-order valence-electron chi connectivity index (χ2n) is 3.41. The number of carbonyl (C=O) groups excluding carboxylic acids is 2. The zero-order chi connectivity index (χ0) is 10.1. The van der Waals surface area contributed by atoms with Crippen molar-refractivity contribution in [3.8, 4) is 0 Å². The van der Waals surface area contributed by atoms with Gasteiger partial charge in [0, 0.05) is 6.92 Å². The summed E-state index contributed by atoms with van der Waals surface area (Å²) in [5.41, 5.74) is 1.03. The summed E-state index contributed by atoms with van der Waals surface area (Å²) in [4.78, 5) is 23.6. The van der Waals surface area contributed by atoms with Gasteiger partial charge in [-0.15, -0.1) is 0 Å². The lowest BCUT2D eigenvalue weighted by molar-refractivity contribution is -0.157. The summed E-state index contributed by atoms with van der Waals surface area (Å²) >= 11 is 0. The topological polar surface area (TPSA) is 37.4 Å². The molecule has 1 aromatic carbocycles. The molecule has 1 atom stereocenters. The predicted molar refractivity (Wildman–Crippen MR) is 51.3 cm³/mol. The highest BCUT2D eigenvalue weighted by atomic mass is 16.2. The molecule has 1 unspecified atom stereocenters. The van der Waals surface area contributed by atoms with Gasteiger partial charge in [0.2, 0.25) is 11.8 Å². The minimum absolute atomic E-state index is 0.0406. The van der Waals surface area contributed by atoms with Gasteiger partial charge in [-0.2, -0.15) is 0 Å². The third-order valence-corrected chi connectivity index (χ3v) is 2.47. The molecule has 0 aliphatic carbocycles. The Kier molecular flexibility index (Phi) is 2.08. The lowest BCUT2D eigenvalue weighted by Crippen LogP contribution is -2.48. The molecule has 1 aliphatic rings. The van der Waals surface area contributed by atoms with Crippen LogP contribution in [0.15, 0.2) is 30.3 Å². The van der Waals surface area contributed by atoms with Gasteiger partial charge in [0.05, 0.1) is 12.5 Å². The van der Waals surface area contributed by atoms with E-state index in [4.69, 9.17) is 0 Å². The van der Waals surface area contributed by atoms with E-state index in [9.17, 15) is 9.59 Å². The van der Waals surface area contributed by atoms with Crippen LogP contribution in [0.4, 0.5) is 0 Å². The molecule has 72 valence electrons. The van der Waals surface area contributed by atoms with Gasteiger partial charge in [-0.3, -0.25) is 14.5 Å². The molecule has 2 amide bonds. The Labute approximate surface area is 82.3 Å². The first-order valence-corrected chi connectivity index (χ1v) is 4.57. The van der Waals surface area contributed by atoms with Crippen LogP contribution in [0.1, 0.15) is 24.9 Å². The summed E-state index contributed by atoms with van der Waals surface area (Å²) in [5.74, 6) is -0.249. The number of rotatable bonds is 1. The lowest BCUT2D eigenvalue weighted by Gasteiger charge is -2.38. The Balaban J connectivity index is 2.22. The van der Waals surface area contributed by atoms with Crippen LogP contribution >= 0.6 is 0 Å². The van der Waals surface area contributed by atoms with Crippen molar-refractivity contribution in [2.45, 2.75) is 19.4 Å². The molecule has 0 radical (unpaired) electrons. The number of amides is 2. The van der Waals surface area contributed by atoms with Crippen LogP contribution in [0.25, 0.3) is 0 Å². The van der Waals surface area contributed by atoms with Gasteiger partial charge in [0.25, 0.3) is 0 Å². The Hall–Kier alpha value is -1.64. The zero-order valence-electron chi connectivity index (χ0n) is 7.93. The van der Waals surface area contributed by atoms with E-state index in [1.165, 1.54) is 11.8 Å². The second kappa shape index (κ2) is 3.25. The molecule has 1 heterocycles. The number of carbonyl (C=O) groups is 2. The number of nitrogens with zero attached hydrogens (tertiary/aromatic N) is 1. The Morgan fingerprint density at radius 2 is 2.00 bits per heavy atom. The van der Waals surface area contributed by atoms with Gasteiger partial charge in [0.15, 0.2) is 0 Å². The van der Waals surface area contributed by atoms with E-state index in [0.29, 0.717) is 6.42 Å². The van der Waals surface area contributed by atoms with Crippen LogP contribution in [0.3, 0.4) is 0 Å². The third kappa shape index (κ3) is 1.31. The van der Waals surface area contributed by atoms with E-state index in [0.717, 1.165) is 5.56 Å². The fourth-order valence-electron chi connectivity index (χ4n) is 1.75. The zero-order valence-corrected chi connectivity index (χ0v) is 7.93. The first-order valence-electron chi connectivity index (χ1n) is 4.57. The quantitative estimate of drug-likeness (QED) is 0.628. The molecular weight excluding hydrogens is 178 g/mol. The van der Waals surface area contributed by atoms with E-state index in [1.54, 1.807) is 0 Å². The van der Waals surface area contributed by atoms with E-state index in [2.05, 4.69) is 0 Å². The molecule has 0 saturated carbocycles. The lowest BCUT2D eigenvalue weighted by atomic mass is 9.94. The van der Waals surface area contributed by atoms with Crippen molar-refractivity contribution in [3.63, 3.8) is 0 Å². The number of hydrogen-bond donors (Lipinski definition) is 0. The summed E-state index contributed by atoms with van der Waals surface area (Å²) in [7, 11) is 0. The van der Waals surface area contributed by atoms with E-state index >= 15 is 0 Å². The maximum atomic E-state index is 11.2. The van der Waals surface area contributed by atoms with Crippen LogP contribution in [0.2, 0.25) is 0 Å². The van der Waals surface area contributed by atoms with Crippen molar-refractivity contribution >= 4 is 11.8 Å². The van der Waals surface area contributed by atoms with Crippen molar-refractivity contribution in [1.82, 2.24) is 4.90 Å². The van der Waals surface area contributed by atoms with Crippen LogP contribution in [-0.2, 0) is 9.59 Å². The Bertz CT molecular complexity index is 364. The molecule has 1 aromatic rings.